The van der Waals surface area contributed by atoms with Crippen molar-refractivity contribution >= 4 is 39.0 Å². The molecule has 1 aromatic rings. The summed E-state index contributed by atoms with van der Waals surface area (Å²) in [5.41, 5.74) is -0.0192. The van der Waals surface area contributed by atoms with E-state index in [9.17, 15) is 18.0 Å². The maximum Gasteiger partial charge on any atom is 0.341 e. The smallest absolute Gasteiger partial charge is 0.341 e. The summed E-state index contributed by atoms with van der Waals surface area (Å²) in [5.74, 6) is -1.20. The number of rotatable bonds is 8. The van der Waals surface area contributed by atoms with Gasteiger partial charge < -0.3 is 15.2 Å². The van der Waals surface area contributed by atoms with E-state index in [1.165, 1.54) is 24.5 Å². The van der Waals surface area contributed by atoms with Crippen molar-refractivity contribution in [1.82, 2.24) is 0 Å². The Hall–Kier alpha value is -1.80. The van der Waals surface area contributed by atoms with Crippen LogP contribution >= 0.6 is 11.6 Å². The number of benzene rings is 1. The summed E-state index contributed by atoms with van der Waals surface area (Å²) in [7, 11) is -3.13. The number of ether oxygens (including phenoxy) is 1. The second kappa shape index (κ2) is 6.98. The summed E-state index contributed by atoms with van der Waals surface area (Å²) >= 11 is 5.98. The van der Waals surface area contributed by atoms with E-state index in [2.05, 4.69) is 5.32 Å². The molecule has 1 saturated carbocycles. The molecule has 2 N–H and O–H groups in total. The average molecular weight is 376 g/mol. The lowest BCUT2D eigenvalue weighted by Crippen LogP contribution is -2.23. The number of hydrogen-bond acceptors (Lipinski definition) is 5. The molecular weight excluding hydrogens is 358 g/mol. The van der Waals surface area contributed by atoms with E-state index in [-0.39, 0.29) is 28.9 Å². The van der Waals surface area contributed by atoms with Crippen LogP contribution in [0.4, 0.5) is 5.69 Å². The van der Waals surface area contributed by atoms with Gasteiger partial charge in [0.25, 0.3) is 0 Å². The maximum atomic E-state index is 12.1. The van der Waals surface area contributed by atoms with Crippen LogP contribution in [0.1, 0.15) is 19.3 Å². The highest BCUT2D eigenvalue weighted by Gasteiger charge is 2.46. The second-order valence-electron chi connectivity index (χ2n) is 6.12. The van der Waals surface area contributed by atoms with E-state index in [4.69, 9.17) is 21.4 Å². The molecule has 0 spiro atoms. The molecule has 0 bridgehead atoms. The van der Waals surface area contributed by atoms with Crippen LogP contribution in [0.5, 0.6) is 5.75 Å². The van der Waals surface area contributed by atoms with Crippen molar-refractivity contribution in [2.24, 2.45) is 5.41 Å². The highest BCUT2D eigenvalue weighted by atomic mass is 35.5. The van der Waals surface area contributed by atoms with Crippen molar-refractivity contribution in [3.05, 3.63) is 23.2 Å². The number of hydrogen-bond donors (Lipinski definition) is 2. The van der Waals surface area contributed by atoms with Gasteiger partial charge >= 0.3 is 5.97 Å². The summed E-state index contributed by atoms with van der Waals surface area (Å²) in [5, 5.41) is 11.4. The summed E-state index contributed by atoms with van der Waals surface area (Å²) in [6.45, 7) is -0.514. The van der Waals surface area contributed by atoms with Gasteiger partial charge in [-0.05, 0) is 36.5 Å². The number of sulfone groups is 1. The second-order valence-corrected chi connectivity index (χ2v) is 8.67. The topological polar surface area (TPSA) is 110 Å². The Labute approximate surface area is 144 Å². The van der Waals surface area contributed by atoms with Crippen molar-refractivity contribution in [3.8, 4) is 5.75 Å². The first-order valence-corrected chi connectivity index (χ1v) is 9.64. The molecule has 0 aromatic heterocycles. The van der Waals surface area contributed by atoms with E-state index in [1.807, 2.05) is 0 Å². The first kappa shape index (κ1) is 18.5. The molecule has 1 aliphatic rings. The van der Waals surface area contributed by atoms with E-state index in [0.717, 1.165) is 12.8 Å². The largest absolute Gasteiger partial charge is 0.480 e. The molecule has 0 aliphatic heterocycles. The van der Waals surface area contributed by atoms with Gasteiger partial charge in [0.2, 0.25) is 5.91 Å². The zero-order valence-electron chi connectivity index (χ0n) is 13.0. The van der Waals surface area contributed by atoms with Crippen LogP contribution < -0.4 is 10.1 Å². The Morgan fingerprint density at radius 3 is 2.54 bits per heavy atom. The molecule has 24 heavy (non-hydrogen) atoms. The molecular formula is C15H18ClNO6S. The number of halogens is 1. The Morgan fingerprint density at radius 1 is 1.38 bits per heavy atom. The average Bonchev–Trinajstić information content (AvgIpc) is 3.13. The van der Waals surface area contributed by atoms with E-state index in [0.29, 0.717) is 5.69 Å². The number of carbonyl (C=O) groups is 2. The number of anilines is 1. The van der Waals surface area contributed by atoms with Gasteiger partial charge in [-0.3, -0.25) is 4.79 Å². The first-order valence-electron chi connectivity index (χ1n) is 7.20. The van der Waals surface area contributed by atoms with Gasteiger partial charge in [-0.25, -0.2) is 13.2 Å². The number of carboxylic acids is 1. The number of carboxylic acid groups (broad SMARTS) is 1. The molecule has 7 nitrogen and oxygen atoms in total. The number of nitrogens with one attached hydrogen (secondary N) is 1. The van der Waals surface area contributed by atoms with Crippen LogP contribution in [-0.2, 0) is 19.4 Å². The van der Waals surface area contributed by atoms with E-state index in [1.54, 1.807) is 0 Å². The van der Waals surface area contributed by atoms with Crippen molar-refractivity contribution in [2.45, 2.75) is 19.3 Å². The lowest BCUT2D eigenvalue weighted by molar-refractivity contribution is -0.139. The number of aliphatic carboxylic acids is 1. The van der Waals surface area contributed by atoms with Crippen LogP contribution in [0.15, 0.2) is 18.2 Å². The molecule has 0 saturated heterocycles. The third-order valence-corrected chi connectivity index (χ3v) is 5.06. The fourth-order valence-electron chi connectivity index (χ4n) is 2.49. The van der Waals surface area contributed by atoms with Crippen molar-refractivity contribution in [2.75, 3.05) is 23.9 Å². The monoisotopic (exact) mass is 375 g/mol. The quantitative estimate of drug-likeness (QED) is 0.718. The van der Waals surface area contributed by atoms with E-state index >= 15 is 0 Å². The lowest BCUT2D eigenvalue weighted by atomic mass is 10.1. The van der Waals surface area contributed by atoms with Crippen molar-refractivity contribution in [3.63, 3.8) is 0 Å². The highest BCUT2D eigenvalue weighted by molar-refractivity contribution is 7.90. The summed E-state index contributed by atoms with van der Waals surface area (Å²) in [6, 6.07) is 4.45. The maximum absolute atomic E-state index is 12.1. The fraction of sp³-hybridized carbons (Fsp3) is 0.467. The van der Waals surface area contributed by atoms with Crippen molar-refractivity contribution < 1.29 is 27.9 Å². The highest BCUT2D eigenvalue weighted by Crippen LogP contribution is 2.49. The number of amides is 1. The normalized spacial score (nSPS) is 15.6. The first-order chi connectivity index (χ1) is 11.1. The number of carbonyl (C=O) groups excluding carboxylic acids is 1. The summed E-state index contributed by atoms with van der Waals surface area (Å²) in [4.78, 5) is 22.6. The Kier molecular flexibility index (Phi) is 5.39. The molecule has 132 valence electrons. The molecule has 1 fully saturated rings. The minimum atomic E-state index is -3.13. The summed E-state index contributed by atoms with van der Waals surface area (Å²) in [6.07, 6.45) is 2.74. The summed E-state index contributed by atoms with van der Waals surface area (Å²) < 4.78 is 27.8. The van der Waals surface area contributed by atoms with Gasteiger partial charge in [-0.1, -0.05) is 11.6 Å². The third kappa shape index (κ3) is 5.68. The molecule has 9 heteroatoms. The van der Waals surface area contributed by atoms with Crippen LogP contribution in [0.25, 0.3) is 0 Å². The Morgan fingerprint density at radius 2 is 2.04 bits per heavy atom. The molecule has 0 heterocycles. The Bertz CT molecular complexity index is 757. The zero-order valence-corrected chi connectivity index (χ0v) is 14.6. The predicted octanol–water partition coefficient (Wildman–Crippen LogP) is 1.96. The molecule has 1 aliphatic carbocycles. The SMILES string of the molecule is CS(=O)(=O)CC1(CC(=O)Nc2ccc(OCC(=O)O)c(Cl)c2)CC1. The molecule has 2 rings (SSSR count). The van der Waals surface area contributed by atoms with Gasteiger partial charge in [-0.15, -0.1) is 0 Å². The van der Waals surface area contributed by atoms with E-state index < -0.39 is 27.8 Å². The van der Waals surface area contributed by atoms with Gasteiger partial charge in [0.1, 0.15) is 15.6 Å². The molecule has 1 amide bonds. The third-order valence-electron chi connectivity index (χ3n) is 3.63. The lowest BCUT2D eigenvalue weighted by Gasteiger charge is -2.14. The van der Waals surface area contributed by atoms with Gasteiger partial charge in [0, 0.05) is 18.4 Å². The minimum Gasteiger partial charge on any atom is -0.480 e. The molecule has 0 unspecified atom stereocenters. The fourth-order valence-corrected chi connectivity index (χ4v) is 4.22. The van der Waals surface area contributed by atoms with Crippen LogP contribution in [0.3, 0.4) is 0 Å². The predicted molar refractivity (Wildman–Crippen MR) is 89.2 cm³/mol. The molecule has 0 atom stereocenters. The molecule has 1 aromatic carbocycles. The Balaban J connectivity index is 1.95. The zero-order chi connectivity index (χ0) is 18.0. The van der Waals surface area contributed by atoms with Crippen LogP contribution in [0.2, 0.25) is 5.02 Å². The van der Waals surface area contributed by atoms with Gasteiger partial charge in [0.05, 0.1) is 10.8 Å². The van der Waals surface area contributed by atoms with Crippen molar-refractivity contribution in [1.29, 1.82) is 0 Å². The van der Waals surface area contributed by atoms with Gasteiger partial charge in [0.15, 0.2) is 6.61 Å². The minimum absolute atomic E-state index is 0.0101. The van der Waals surface area contributed by atoms with Crippen LogP contribution in [0, 0.1) is 5.41 Å². The molecule has 0 radical (unpaired) electrons. The van der Waals surface area contributed by atoms with Gasteiger partial charge in [-0.2, -0.15) is 0 Å². The standard InChI is InChI=1S/C15H18ClNO6S/c1-24(21,22)9-15(4-5-15)7-13(18)17-10-2-3-12(11(16)6-10)23-8-14(19)20/h2-3,6H,4-5,7-9H2,1H3,(H,17,18)(H,19,20). The van der Waals surface area contributed by atoms with Crippen LogP contribution in [-0.4, -0.2) is 44.0 Å².